The molecule has 0 saturated carbocycles. The summed E-state index contributed by atoms with van der Waals surface area (Å²) in [6, 6.07) is 6.39. The van der Waals surface area contributed by atoms with Crippen molar-refractivity contribution in [3.63, 3.8) is 0 Å². The van der Waals surface area contributed by atoms with Crippen LogP contribution in [0.15, 0.2) is 29.4 Å². The molecule has 23 heavy (non-hydrogen) atoms. The van der Waals surface area contributed by atoms with E-state index >= 15 is 0 Å². The number of hydrogen-bond donors (Lipinski definition) is 2. The lowest BCUT2D eigenvalue weighted by Crippen LogP contribution is -2.37. The fourth-order valence-corrected chi connectivity index (χ4v) is 2.55. The Morgan fingerprint density at radius 1 is 1.39 bits per heavy atom. The molecule has 1 aromatic rings. The molecule has 1 aliphatic rings. The maximum Gasteiger partial charge on any atom is 0.187 e. The Balaban J connectivity index is 1.90. The highest BCUT2D eigenvalue weighted by atomic mass is 32.1. The van der Waals surface area contributed by atoms with Crippen LogP contribution < -0.4 is 10.7 Å². The van der Waals surface area contributed by atoms with Crippen LogP contribution in [0.2, 0.25) is 0 Å². The van der Waals surface area contributed by atoms with Crippen molar-refractivity contribution in [3.8, 4) is 0 Å². The fourth-order valence-electron chi connectivity index (χ4n) is 2.42. The fraction of sp³-hybridized carbons (Fsp3) is 0.529. The van der Waals surface area contributed by atoms with Crippen LogP contribution in [0.1, 0.15) is 44.6 Å². The molecule has 0 unspecified atom stereocenters. The maximum absolute atomic E-state index is 13.1. The number of unbranched alkanes of at least 4 members (excludes halogenated alkanes) is 1. The molecule has 0 radical (unpaired) electrons. The van der Waals surface area contributed by atoms with Gasteiger partial charge in [-0.15, -0.1) is 0 Å². The molecular weight excluding hydrogens is 313 g/mol. The van der Waals surface area contributed by atoms with E-state index in [2.05, 4.69) is 22.8 Å². The zero-order valence-electron chi connectivity index (χ0n) is 13.5. The van der Waals surface area contributed by atoms with Crippen LogP contribution in [0, 0.1) is 5.82 Å². The number of nitrogens with zero attached hydrogens (tertiary/aromatic N) is 1. The van der Waals surface area contributed by atoms with Gasteiger partial charge < -0.3 is 10.1 Å². The Bertz CT molecular complexity index is 527. The molecule has 1 aromatic carbocycles. The first-order valence-electron chi connectivity index (χ1n) is 8.17. The first-order chi connectivity index (χ1) is 11.2. The number of thiocarbonyl (C=S) groups is 1. The molecule has 0 aromatic heterocycles. The van der Waals surface area contributed by atoms with Gasteiger partial charge in [-0.25, -0.2) is 4.39 Å². The molecule has 0 aliphatic carbocycles. The van der Waals surface area contributed by atoms with Crippen LogP contribution in [-0.2, 0) is 4.74 Å². The number of nitrogens with one attached hydrogen (secondary N) is 2. The van der Waals surface area contributed by atoms with Crippen molar-refractivity contribution in [2.75, 3.05) is 13.2 Å². The molecular formula is C17H24FN3OS. The Kier molecular flexibility index (Phi) is 7.42. The summed E-state index contributed by atoms with van der Waals surface area (Å²) in [5.41, 5.74) is 4.68. The molecule has 1 saturated heterocycles. The molecule has 0 amide bonds. The number of benzene rings is 1. The predicted molar refractivity (Wildman–Crippen MR) is 95.2 cm³/mol. The second kappa shape index (κ2) is 9.57. The highest BCUT2D eigenvalue weighted by Crippen LogP contribution is 2.11. The highest BCUT2D eigenvalue weighted by molar-refractivity contribution is 7.80. The van der Waals surface area contributed by atoms with Crippen molar-refractivity contribution in [1.82, 2.24) is 10.7 Å². The normalized spacial score (nSPS) is 18.0. The molecule has 1 aliphatic heterocycles. The minimum Gasteiger partial charge on any atom is -0.376 e. The summed E-state index contributed by atoms with van der Waals surface area (Å²) in [5, 5.41) is 8.01. The van der Waals surface area contributed by atoms with E-state index in [4.69, 9.17) is 17.0 Å². The molecule has 6 heteroatoms. The zero-order valence-corrected chi connectivity index (χ0v) is 14.3. The third-order valence-electron chi connectivity index (χ3n) is 3.75. The number of hydrogen-bond acceptors (Lipinski definition) is 3. The lowest BCUT2D eigenvalue weighted by molar-refractivity contribution is 0.114. The number of hydrazone groups is 1. The van der Waals surface area contributed by atoms with Gasteiger partial charge in [0.15, 0.2) is 5.11 Å². The van der Waals surface area contributed by atoms with Gasteiger partial charge in [0.1, 0.15) is 5.82 Å². The van der Waals surface area contributed by atoms with Crippen LogP contribution in [0.4, 0.5) is 4.39 Å². The monoisotopic (exact) mass is 337 g/mol. The number of ether oxygens (including phenoxy) is 1. The lowest BCUT2D eigenvalue weighted by Gasteiger charge is -2.13. The van der Waals surface area contributed by atoms with Gasteiger partial charge in [0.05, 0.1) is 11.8 Å². The SMILES string of the molecule is CCCC/C(=N/NC(=S)NC[C@@H]1CCCO1)c1ccc(F)cc1. The third-order valence-corrected chi connectivity index (χ3v) is 3.99. The minimum absolute atomic E-state index is 0.232. The molecule has 1 fully saturated rings. The maximum atomic E-state index is 13.1. The van der Waals surface area contributed by atoms with Crippen LogP contribution in [0.3, 0.4) is 0 Å². The smallest absolute Gasteiger partial charge is 0.187 e. The second-order valence-electron chi connectivity index (χ2n) is 5.63. The van der Waals surface area contributed by atoms with Crippen molar-refractivity contribution in [1.29, 1.82) is 0 Å². The van der Waals surface area contributed by atoms with Crippen molar-refractivity contribution in [2.24, 2.45) is 5.10 Å². The third kappa shape index (κ3) is 6.23. The van der Waals surface area contributed by atoms with Crippen molar-refractivity contribution in [3.05, 3.63) is 35.6 Å². The molecule has 2 N–H and O–H groups in total. The minimum atomic E-state index is -0.245. The van der Waals surface area contributed by atoms with E-state index < -0.39 is 0 Å². The zero-order chi connectivity index (χ0) is 16.5. The van der Waals surface area contributed by atoms with Crippen LogP contribution >= 0.6 is 12.2 Å². The topological polar surface area (TPSA) is 45.7 Å². The summed E-state index contributed by atoms with van der Waals surface area (Å²) in [7, 11) is 0. The van der Waals surface area contributed by atoms with Crippen molar-refractivity contribution < 1.29 is 9.13 Å². The first kappa shape index (κ1) is 17.8. The van der Waals surface area contributed by atoms with Gasteiger partial charge >= 0.3 is 0 Å². The van der Waals surface area contributed by atoms with Gasteiger partial charge in [0.25, 0.3) is 0 Å². The van der Waals surface area contributed by atoms with Gasteiger partial charge in [-0.1, -0.05) is 25.5 Å². The number of rotatable bonds is 7. The van der Waals surface area contributed by atoms with Crippen LogP contribution in [-0.4, -0.2) is 30.1 Å². The van der Waals surface area contributed by atoms with Gasteiger partial charge in [-0.2, -0.15) is 5.10 Å². The molecule has 1 atom stereocenters. The average Bonchev–Trinajstić information content (AvgIpc) is 3.07. The predicted octanol–water partition coefficient (Wildman–Crippen LogP) is 3.36. The largest absolute Gasteiger partial charge is 0.376 e. The van der Waals surface area contributed by atoms with Gasteiger partial charge in [0.2, 0.25) is 0 Å². The summed E-state index contributed by atoms with van der Waals surface area (Å²) in [6.45, 7) is 3.65. The van der Waals surface area contributed by atoms with Crippen molar-refractivity contribution in [2.45, 2.75) is 45.1 Å². The van der Waals surface area contributed by atoms with E-state index in [-0.39, 0.29) is 11.9 Å². The van der Waals surface area contributed by atoms with E-state index in [0.29, 0.717) is 11.7 Å². The summed E-state index contributed by atoms with van der Waals surface area (Å²) in [6.07, 6.45) is 5.32. The molecule has 2 rings (SSSR count). The Hall–Kier alpha value is -1.53. The Morgan fingerprint density at radius 2 is 2.17 bits per heavy atom. The summed E-state index contributed by atoms with van der Waals surface area (Å²) in [5.74, 6) is -0.245. The van der Waals surface area contributed by atoms with E-state index in [1.54, 1.807) is 12.1 Å². The lowest BCUT2D eigenvalue weighted by atomic mass is 10.1. The summed E-state index contributed by atoms with van der Waals surface area (Å²) >= 11 is 5.25. The first-order valence-corrected chi connectivity index (χ1v) is 8.58. The average molecular weight is 337 g/mol. The molecule has 0 bridgehead atoms. The van der Waals surface area contributed by atoms with E-state index in [9.17, 15) is 4.39 Å². The molecule has 4 nitrogen and oxygen atoms in total. The van der Waals surface area contributed by atoms with Crippen molar-refractivity contribution >= 4 is 23.0 Å². The Morgan fingerprint density at radius 3 is 2.83 bits per heavy atom. The van der Waals surface area contributed by atoms with Crippen LogP contribution in [0.25, 0.3) is 0 Å². The quantitative estimate of drug-likeness (QED) is 0.455. The van der Waals surface area contributed by atoms with E-state index in [0.717, 1.165) is 50.0 Å². The van der Waals surface area contributed by atoms with Gasteiger partial charge in [0, 0.05) is 13.2 Å². The molecule has 0 spiro atoms. The molecule has 126 valence electrons. The molecule has 1 heterocycles. The van der Waals surface area contributed by atoms with E-state index in [1.807, 2.05) is 0 Å². The van der Waals surface area contributed by atoms with Gasteiger partial charge in [-0.3, -0.25) is 5.43 Å². The Labute approximate surface area is 142 Å². The summed E-state index contributed by atoms with van der Waals surface area (Å²) < 4.78 is 18.6. The standard InChI is InChI=1S/C17H24FN3OS/c1-2-3-6-16(13-7-9-14(18)10-8-13)20-21-17(23)19-12-15-5-4-11-22-15/h7-10,15H,2-6,11-12H2,1H3,(H2,19,21,23)/b20-16-/t15-/m0/s1. The number of halogens is 1. The second-order valence-corrected chi connectivity index (χ2v) is 6.03. The van der Waals surface area contributed by atoms with Gasteiger partial charge in [-0.05, 0) is 55.6 Å². The van der Waals surface area contributed by atoms with E-state index in [1.165, 1.54) is 12.1 Å². The van der Waals surface area contributed by atoms with Crippen LogP contribution in [0.5, 0.6) is 0 Å². The summed E-state index contributed by atoms with van der Waals surface area (Å²) in [4.78, 5) is 0. The highest BCUT2D eigenvalue weighted by Gasteiger charge is 2.15.